The summed E-state index contributed by atoms with van der Waals surface area (Å²) in [6.07, 6.45) is 4.15. The second-order valence-electron chi connectivity index (χ2n) is 9.07. The molecule has 10 heteroatoms. The highest BCUT2D eigenvalue weighted by Gasteiger charge is 2.35. The van der Waals surface area contributed by atoms with Crippen molar-refractivity contribution in [3.05, 3.63) is 105 Å². The summed E-state index contributed by atoms with van der Waals surface area (Å²) in [5.74, 6) is 2.02. The van der Waals surface area contributed by atoms with Gasteiger partial charge in [-0.05, 0) is 78.4 Å². The molecule has 0 fully saturated rings. The fraction of sp³-hybridized carbons (Fsp3) is 0.172. The van der Waals surface area contributed by atoms with Crippen LogP contribution in [0.25, 0.3) is 10.9 Å². The number of H-pyrrole nitrogens is 1. The van der Waals surface area contributed by atoms with Crippen molar-refractivity contribution in [3.8, 4) is 16.7 Å². The van der Waals surface area contributed by atoms with Crippen LogP contribution in [-0.2, 0) is 12.2 Å². The molecule has 3 aromatic carbocycles. The number of carbonyl (C=O) groups excluding carboxylic acids is 1. The quantitative estimate of drug-likeness (QED) is 0.212. The molecule has 1 unspecified atom stereocenters. The van der Waals surface area contributed by atoms with Gasteiger partial charge in [0.15, 0.2) is 0 Å². The summed E-state index contributed by atoms with van der Waals surface area (Å²) in [5.41, 5.74) is 4.00. The van der Waals surface area contributed by atoms with Crippen LogP contribution in [0.3, 0.4) is 0 Å². The lowest BCUT2D eigenvalue weighted by molar-refractivity contribution is 0.135. The molecule has 0 aliphatic carbocycles. The molecule has 1 amide bonds. The zero-order chi connectivity index (χ0) is 26.9. The number of nitrogens with zero attached hydrogens (tertiary/aromatic N) is 2. The standard InChI is InChI=1S/C29H23Cl2N3O3S2/c1-38-16-22-15-32-28(39-22)36-20-7-2-17(3-8-20)27-26-23(24-14-19(31)6-11-25(24)33-26)12-13-34(27)29(35)37-21-9-4-18(30)5-10-21/h2-11,14-15,27,33H,12-13,16H2,1H3. The van der Waals surface area contributed by atoms with Crippen LogP contribution in [-0.4, -0.2) is 33.8 Å². The first kappa shape index (κ1) is 26.1. The van der Waals surface area contributed by atoms with Gasteiger partial charge in [-0.25, -0.2) is 9.78 Å². The van der Waals surface area contributed by atoms with E-state index in [9.17, 15) is 4.79 Å². The Bertz CT molecular complexity index is 1630. The highest BCUT2D eigenvalue weighted by atomic mass is 35.5. The molecule has 0 radical (unpaired) electrons. The summed E-state index contributed by atoms with van der Waals surface area (Å²) in [7, 11) is 0. The number of ether oxygens (including phenoxy) is 2. The third-order valence-corrected chi connectivity index (χ3v) is 8.71. The monoisotopic (exact) mass is 595 g/mol. The van der Waals surface area contributed by atoms with Crippen LogP contribution in [0.1, 0.15) is 27.7 Å². The Labute approximate surface area is 243 Å². The van der Waals surface area contributed by atoms with E-state index in [1.807, 2.05) is 48.7 Å². The third-order valence-electron chi connectivity index (χ3n) is 6.56. The molecular formula is C29H23Cl2N3O3S2. The van der Waals surface area contributed by atoms with Crippen molar-refractivity contribution in [2.75, 3.05) is 12.8 Å². The predicted molar refractivity (Wildman–Crippen MR) is 159 cm³/mol. The van der Waals surface area contributed by atoms with Crippen LogP contribution in [0.2, 0.25) is 10.0 Å². The minimum absolute atomic E-state index is 0.387. The van der Waals surface area contributed by atoms with Crippen molar-refractivity contribution in [2.24, 2.45) is 0 Å². The number of thiazole rings is 1. The molecule has 2 aromatic heterocycles. The fourth-order valence-corrected chi connectivity index (χ4v) is 6.65. The lowest BCUT2D eigenvalue weighted by Gasteiger charge is -2.35. The minimum atomic E-state index is -0.436. The number of halogens is 2. The molecular weight excluding hydrogens is 573 g/mol. The zero-order valence-electron chi connectivity index (χ0n) is 20.8. The number of aromatic nitrogens is 2. The average molecular weight is 597 g/mol. The minimum Gasteiger partial charge on any atom is -0.431 e. The molecule has 1 aliphatic rings. The summed E-state index contributed by atoms with van der Waals surface area (Å²) in [5, 5.41) is 2.92. The summed E-state index contributed by atoms with van der Waals surface area (Å²) in [4.78, 5) is 24.3. The molecule has 39 heavy (non-hydrogen) atoms. The topological polar surface area (TPSA) is 67.5 Å². The normalized spacial score (nSPS) is 14.8. The first-order chi connectivity index (χ1) is 19.0. The Morgan fingerprint density at radius 3 is 2.59 bits per heavy atom. The summed E-state index contributed by atoms with van der Waals surface area (Å²) in [6.45, 7) is 0.485. The molecule has 0 spiro atoms. The molecule has 1 N–H and O–H groups in total. The molecule has 1 atom stereocenters. The molecule has 6 nitrogen and oxygen atoms in total. The van der Waals surface area contributed by atoms with Crippen molar-refractivity contribution in [3.63, 3.8) is 0 Å². The summed E-state index contributed by atoms with van der Waals surface area (Å²) >= 11 is 15.6. The van der Waals surface area contributed by atoms with Crippen LogP contribution in [0, 0.1) is 0 Å². The average Bonchev–Trinajstić information content (AvgIpc) is 3.54. The van der Waals surface area contributed by atoms with Crippen LogP contribution >= 0.6 is 46.3 Å². The number of aromatic amines is 1. The van der Waals surface area contributed by atoms with Crippen LogP contribution in [0.4, 0.5) is 4.79 Å². The lowest BCUT2D eigenvalue weighted by atomic mass is 9.92. The molecule has 198 valence electrons. The fourth-order valence-electron chi connectivity index (χ4n) is 4.83. The maximum atomic E-state index is 13.5. The first-order valence-electron chi connectivity index (χ1n) is 12.2. The van der Waals surface area contributed by atoms with Gasteiger partial charge in [-0.2, -0.15) is 11.8 Å². The van der Waals surface area contributed by atoms with E-state index in [1.54, 1.807) is 40.9 Å². The van der Waals surface area contributed by atoms with E-state index in [4.69, 9.17) is 32.7 Å². The molecule has 0 saturated heterocycles. The smallest absolute Gasteiger partial charge is 0.416 e. The Hall–Kier alpha value is -3.17. The van der Waals surface area contributed by atoms with Gasteiger partial charge < -0.3 is 14.5 Å². The van der Waals surface area contributed by atoms with Gasteiger partial charge in [-0.3, -0.25) is 4.90 Å². The number of hydrogen-bond donors (Lipinski definition) is 1. The number of carbonyl (C=O) groups is 1. The highest BCUT2D eigenvalue weighted by molar-refractivity contribution is 7.97. The molecule has 0 saturated carbocycles. The maximum absolute atomic E-state index is 13.5. The number of nitrogens with one attached hydrogen (secondary N) is 1. The van der Waals surface area contributed by atoms with Crippen molar-refractivity contribution >= 4 is 63.3 Å². The number of hydrogen-bond acceptors (Lipinski definition) is 6. The van der Waals surface area contributed by atoms with Crippen molar-refractivity contribution in [1.29, 1.82) is 0 Å². The molecule has 1 aliphatic heterocycles. The number of amides is 1. The zero-order valence-corrected chi connectivity index (χ0v) is 24.0. The van der Waals surface area contributed by atoms with Gasteiger partial charge >= 0.3 is 6.09 Å². The number of thioether (sulfide) groups is 1. The Morgan fingerprint density at radius 2 is 1.82 bits per heavy atom. The molecule has 5 aromatic rings. The van der Waals surface area contributed by atoms with Crippen LogP contribution in [0.5, 0.6) is 16.7 Å². The van der Waals surface area contributed by atoms with E-state index in [0.29, 0.717) is 39.7 Å². The molecule has 3 heterocycles. The van der Waals surface area contributed by atoms with Gasteiger partial charge in [-0.15, -0.1) is 0 Å². The van der Waals surface area contributed by atoms with Crippen molar-refractivity contribution < 1.29 is 14.3 Å². The Morgan fingerprint density at radius 1 is 1.08 bits per heavy atom. The van der Waals surface area contributed by atoms with E-state index >= 15 is 0 Å². The van der Waals surface area contributed by atoms with E-state index in [2.05, 4.69) is 16.2 Å². The van der Waals surface area contributed by atoms with Gasteiger partial charge in [0.25, 0.3) is 5.19 Å². The van der Waals surface area contributed by atoms with E-state index in [0.717, 1.165) is 38.4 Å². The Kier molecular flexibility index (Phi) is 7.44. The van der Waals surface area contributed by atoms with Crippen molar-refractivity contribution in [2.45, 2.75) is 18.2 Å². The van der Waals surface area contributed by atoms with Gasteiger partial charge in [-0.1, -0.05) is 46.7 Å². The number of rotatable bonds is 6. The number of benzene rings is 3. The first-order valence-corrected chi connectivity index (χ1v) is 15.2. The summed E-state index contributed by atoms with van der Waals surface area (Å²) in [6, 6.07) is 20.0. The number of fused-ring (bicyclic) bond motifs is 3. The third kappa shape index (κ3) is 5.47. The largest absolute Gasteiger partial charge is 0.431 e. The van der Waals surface area contributed by atoms with Gasteiger partial charge in [0.1, 0.15) is 17.5 Å². The van der Waals surface area contributed by atoms with E-state index in [1.165, 1.54) is 11.3 Å². The lowest BCUT2D eigenvalue weighted by Crippen LogP contribution is -2.42. The van der Waals surface area contributed by atoms with E-state index < -0.39 is 6.09 Å². The van der Waals surface area contributed by atoms with Gasteiger partial charge in [0.2, 0.25) is 0 Å². The van der Waals surface area contributed by atoms with Gasteiger partial charge in [0, 0.05) is 50.0 Å². The second kappa shape index (κ2) is 11.1. The maximum Gasteiger partial charge on any atom is 0.416 e. The highest BCUT2D eigenvalue weighted by Crippen LogP contribution is 2.40. The Balaban J connectivity index is 1.33. The second-order valence-corrected chi connectivity index (χ2v) is 11.9. The summed E-state index contributed by atoms with van der Waals surface area (Å²) < 4.78 is 11.8. The SMILES string of the molecule is CSCc1cnc(Oc2ccc(C3c4[nH]c5ccc(Cl)cc5c4CCN3C(=O)Oc3ccc(Cl)cc3)cc2)s1. The van der Waals surface area contributed by atoms with Crippen molar-refractivity contribution in [1.82, 2.24) is 14.9 Å². The molecule has 6 rings (SSSR count). The predicted octanol–water partition coefficient (Wildman–Crippen LogP) is 8.73. The van der Waals surface area contributed by atoms with Crippen LogP contribution < -0.4 is 9.47 Å². The van der Waals surface area contributed by atoms with Gasteiger partial charge in [0.05, 0.1) is 0 Å². The molecule has 0 bridgehead atoms. The van der Waals surface area contributed by atoms with Crippen LogP contribution in [0.15, 0.2) is 72.9 Å². The van der Waals surface area contributed by atoms with E-state index in [-0.39, 0.29) is 6.04 Å².